The fourth-order valence-electron chi connectivity index (χ4n) is 1.21. The van der Waals surface area contributed by atoms with Gasteiger partial charge in [0.2, 0.25) is 0 Å². The van der Waals surface area contributed by atoms with E-state index in [4.69, 9.17) is 15.6 Å². The van der Waals surface area contributed by atoms with Crippen LogP contribution in [-0.4, -0.2) is 28.7 Å². The Morgan fingerprint density at radius 1 is 1.62 bits per heavy atom. The van der Waals surface area contributed by atoms with Crippen LogP contribution in [0, 0.1) is 0 Å². The predicted molar refractivity (Wildman–Crippen MR) is 60.7 cm³/mol. The molecule has 0 saturated heterocycles. The number of fused-ring (bicyclic) bond motifs is 1. The number of aromatic nitrogens is 1. The van der Waals surface area contributed by atoms with Crippen LogP contribution in [0.15, 0.2) is 23.7 Å². The lowest BCUT2D eigenvalue weighted by molar-refractivity contribution is -0.139. The van der Waals surface area contributed by atoms with Crippen LogP contribution in [0.3, 0.4) is 0 Å². The molecule has 0 aliphatic heterocycles. The van der Waals surface area contributed by atoms with Crippen molar-refractivity contribution in [2.45, 2.75) is 6.04 Å². The molecule has 0 fully saturated rings. The molecular formula is C10H10N2O3S. The maximum absolute atomic E-state index is 10.5. The van der Waals surface area contributed by atoms with Crippen molar-refractivity contribution in [1.29, 1.82) is 0 Å². The Hall–Kier alpha value is -1.66. The lowest BCUT2D eigenvalue weighted by atomic mass is 10.3. The highest BCUT2D eigenvalue weighted by molar-refractivity contribution is 7.17. The van der Waals surface area contributed by atoms with E-state index in [9.17, 15) is 4.79 Å². The number of aliphatic carboxylic acids is 1. The van der Waals surface area contributed by atoms with E-state index in [0.717, 1.165) is 10.2 Å². The largest absolute Gasteiger partial charge is 0.490 e. The molecule has 0 spiro atoms. The van der Waals surface area contributed by atoms with E-state index in [1.807, 2.05) is 11.4 Å². The minimum absolute atomic E-state index is 0.0493. The van der Waals surface area contributed by atoms with Gasteiger partial charge in [-0.25, -0.2) is 0 Å². The molecule has 2 aromatic rings. The molecule has 0 aliphatic rings. The van der Waals surface area contributed by atoms with Gasteiger partial charge in [0, 0.05) is 6.20 Å². The summed E-state index contributed by atoms with van der Waals surface area (Å²) in [6.45, 7) is -0.0493. The monoisotopic (exact) mass is 238 g/mol. The summed E-state index contributed by atoms with van der Waals surface area (Å²) in [5.41, 5.74) is 6.19. The quantitative estimate of drug-likeness (QED) is 0.832. The summed E-state index contributed by atoms with van der Waals surface area (Å²) in [4.78, 5) is 14.7. The van der Waals surface area contributed by atoms with Gasteiger partial charge in [0.25, 0.3) is 0 Å². The average molecular weight is 238 g/mol. The summed E-state index contributed by atoms with van der Waals surface area (Å²) in [7, 11) is 0. The summed E-state index contributed by atoms with van der Waals surface area (Å²) in [5, 5.41) is 10.5. The highest BCUT2D eigenvalue weighted by Crippen LogP contribution is 2.28. The topological polar surface area (TPSA) is 85.4 Å². The molecule has 0 amide bonds. The summed E-state index contributed by atoms with van der Waals surface area (Å²) in [6.07, 6.45) is 1.62. The Morgan fingerprint density at radius 2 is 2.44 bits per heavy atom. The molecule has 1 unspecified atom stereocenters. The van der Waals surface area contributed by atoms with E-state index in [0.29, 0.717) is 5.75 Å². The number of pyridine rings is 1. The van der Waals surface area contributed by atoms with E-state index in [1.165, 1.54) is 11.3 Å². The second-order valence-corrected chi connectivity index (χ2v) is 4.12. The summed E-state index contributed by atoms with van der Waals surface area (Å²) in [5.74, 6) is -0.451. The maximum atomic E-state index is 10.5. The lowest BCUT2D eigenvalue weighted by Crippen LogP contribution is -2.36. The number of hydrogen-bond acceptors (Lipinski definition) is 5. The Balaban J connectivity index is 2.15. The Bertz CT molecular complexity index is 511. The molecule has 3 N–H and O–H groups in total. The van der Waals surface area contributed by atoms with Crippen LogP contribution in [0.2, 0.25) is 0 Å². The minimum atomic E-state index is -1.07. The van der Waals surface area contributed by atoms with Crippen LogP contribution >= 0.6 is 11.3 Å². The zero-order valence-electron chi connectivity index (χ0n) is 8.29. The number of thiophene rings is 1. The van der Waals surface area contributed by atoms with Crippen LogP contribution in [0.1, 0.15) is 0 Å². The molecular weight excluding hydrogens is 228 g/mol. The standard InChI is InChI=1S/C10H10N2O3S/c11-6(10(13)14)5-15-8-1-3-12-7-2-4-16-9(7)8/h1-4,6H,5,11H2,(H,13,14). The van der Waals surface area contributed by atoms with Crippen molar-refractivity contribution in [1.82, 2.24) is 4.98 Å². The first-order valence-corrected chi connectivity index (χ1v) is 5.50. The van der Waals surface area contributed by atoms with Crippen molar-refractivity contribution >= 4 is 27.5 Å². The van der Waals surface area contributed by atoms with Crippen molar-refractivity contribution < 1.29 is 14.6 Å². The Morgan fingerprint density at radius 3 is 3.19 bits per heavy atom. The third-order valence-corrected chi connectivity index (χ3v) is 2.96. The predicted octanol–water partition coefficient (Wildman–Crippen LogP) is 1.09. The van der Waals surface area contributed by atoms with Crippen LogP contribution in [0.25, 0.3) is 10.2 Å². The average Bonchev–Trinajstić information content (AvgIpc) is 2.73. The molecule has 5 nitrogen and oxygen atoms in total. The van der Waals surface area contributed by atoms with Crippen LogP contribution in [0.5, 0.6) is 5.75 Å². The Kier molecular flexibility index (Phi) is 3.02. The first-order chi connectivity index (χ1) is 7.68. The van der Waals surface area contributed by atoms with E-state index >= 15 is 0 Å². The number of carboxylic acids is 1. The van der Waals surface area contributed by atoms with Gasteiger partial charge in [0.05, 0.1) is 10.2 Å². The number of nitrogens with zero attached hydrogens (tertiary/aromatic N) is 1. The number of nitrogens with two attached hydrogens (primary N) is 1. The maximum Gasteiger partial charge on any atom is 0.324 e. The van der Waals surface area contributed by atoms with E-state index < -0.39 is 12.0 Å². The van der Waals surface area contributed by atoms with Gasteiger partial charge in [-0.05, 0) is 17.5 Å². The van der Waals surface area contributed by atoms with Crippen molar-refractivity contribution in [2.75, 3.05) is 6.61 Å². The summed E-state index contributed by atoms with van der Waals surface area (Å²) >= 11 is 1.50. The summed E-state index contributed by atoms with van der Waals surface area (Å²) < 4.78 is 6.27. The van der Waals surface area contributed by atoms with Gasteiger partial charge in [-0.1, -0.05) is 0 Å². The van der Waals surface area contributed by atoms with Crippen LogP contribution in [0.4, 0.5) is 0 Å². The minimum Gasteiger partial charge on any atom is -0.490 e. The van der Waals surface area contributed by atoms with Gasteiger partial charge in [-0.3, -0.25) is 9.78 Å². The SMILES string of the molecule is NC(COc1ccnc2ccsc12)C(=O)O. The van der Waals surface area contributed by atoms with Crippen molar-refractivity contribution in [3.8, 4) is 5.75 Å². The molecule has 2 aromatic heterocycles. The molecule has 84 valence electrons. The molecule has 0 aliphatic carbocycles. The van der Waals surface area contributed by atoms with Gasteiger partial charge < -0.3 is 15.6 Å². The Labute approximate surface area is 95.5 Å². The molecule has 0 aromatic carbocycles. The van der Waals surface area contributed by atoms with Gasteiger partial charge >= 0.3 is 5.97 Å². The normalized spacial score (nSPS) is 12.6. The van der Waals surface area contributed by atoms with Crippen molar-refractivity contribution in [2.24, 2.45) is 5.73 Å². The zero-order valence-corrected chi connectivity index (χ0v) is 9.11. The number of hydrogen-bond donors (Lipinski definition) is 2. The number of carboxylic acid groups (broad SMARTS) is 1. The van der Waals surface area contributed by atoms with E-state index in [-0.39, 0.29) is 6.61 Å². The van der Waals surface area contributed by atoms with Crippen LogP contribution in [-0.2, 0) is 4.79 Å². The first-order valence-electron chi connectivity index (χ1n) is 4.62. The molecule has 6 heteroatoms. The fraction of sp³-hybridized carbons (Fsp3) is 0.200. The van der Waals surface area contributed by atoms with Gasteiger partial charge in [0.15, 0.2) is 0 Å². The fourth-order valence-corrected chi connectivity index (χ4v) is 2.03. The van der Waals surface area contributed by atoms with E-state index in [2.05, 4.69) is 4.98 Å². The molecule has 2 rings (SSSR count). The van der Waals surface area contributed by atoms with Crippen molar-refractivity contribution in [3.63, 3.8) is 0 Å². The third kappa shape index (κ3) is 2.12. The van der Waals surface area contributed by atoms with Gasteiger partial charge in [-0.15, -0.1) is 11.3 Å². The molecule has 1 atom stereocenters. The van der Waals surface area contributed by atoms with Crippen molar-refractivity contribution in [3.05, 3.63) is 23.7 Å². The lowest BCUT2D eigenvalue weighted by Gasteiger charge is -2.09. The molecule has 0 bridgehead atoms. The second kappa shape index (κ2) is 4.46. The molecule has 0 radical (unpaired) electrons. The van der Waals surface area contributed by atoms with Gasteiger partial charge in [0.1, 0.15) is 18.4 Å². The highest BCUT2D eigenvalue weighted by Gasteiger charge is 2.13. The van der Waals surface area contributed by atoms with Crippen LogP contribution < -0.4 is 10.5 Å². The van der Waals surface area contributed by atoms with Gasteiger partial charge in [-0.2, -0.15) is 0 Å². The second-order valence-electron chi connectivity index (χ2n) is 3.20. The molecule has 2 heterocycles. The van der Waals surface area contributed by atoms with E-state index in [1.54, 1.807) is 12.3 Å². The number of ether oxygens (including phenoxy) is 1. The smallest absolute Gasteiger partial charge is 0.324 e. The third-order valence-electron chi connectivity index (χ3n) is 2.04. The highest BCUT2D eigenvalue weighted by atomic mass is 32.1. The molecule has 0 saturated carbocycles. The zero-order chi connectivity index (χ0) is 11.5. The number of rotatable bonds is 4. The number of carbonyl (C=O) groups is 1. The first kappa shape index (κ1) is 10.8. The molecule has 16 heavy (non-hydrogen) atoms. The summed E-state index contributed by atoms with van der Waals surface area (Å²) in [6, 6.07) is 2.57.